The van der Waals surface area contributed by atoms with Crippen LogP contribution in [0.1, 0.15) is 44.6 Å². The third-order valence-corrected chi connectivity index (χ3v) is 4.69. The van der Waals surface area contributed by atoms with Crippen LogP contribution < -0.4 is 15.4 Å². The molecule has 0 spiro atoms. The number of rotatable bonds is 7. The zero-order valence-electron chi connectivity index (χ0n) is 16.4. The minimum Gasteiger partial charge on any atom is -0.491 e. The van der Waals surface area contributed by atoms with E-state index in [2.05, 4.69) is 20.8 Å². The van der Waals surface area contributed by atoms with E-state index >= 15 is 0 Å². The first kappa shape index (κ1) is 20.5. The zero-order chi connectivity index (χ0) is 20.8. The SMILES string of the molecule is Cc1nnc(C(=O)Nc2cccc(C(=O)NCc3ccc(OC(C)C)cc3)c2)s1. The monoisotopic (exact) mass is 410 g/mol. The summed E-state index contributed by atoms with van der Waals surface area (Å²) in [4.78, 5) is 24.7. The molecular weight excluding hydrogens is 388 g/mol. The van der Waals surface area contributed by atoms with E-state index in [1.165, 1.54) is 11.3 Å². The molecule has 2 N–H and O–H groups in total. The number of ether oxygens (including phenoxy) is 1. The number of aromatic nitrogens is 2. The molecule has 29 heavy (non-hydrogen) atoms. The fraction of sp³-hybridized carbons (Fsp3) is 0.238. The first-order valence-electron chi connectivity index (χ1n) is 9.16. The Hall–Kier alpha value is -3.26. The van der Waals surface area contributed by atoms with Gasteiger partial charge in [-0.3, -0.25) is 9.59 Å². The molecule has 0 unspecified atom stereocenters. The number of benzene rings is 2. The van der Waals surface area contributed by atoms with Crippen molar-refractivity contribution in [3.05, 3.63) is 69.7 Å². The molecule has 0 aliphatic carbocycles. The molecule has 2 aromatic carbocycles. The van der Waals surface area contributed by atoms with Crippen LogP contribution in [-0.2, 0) is 6.54 Å². The molecule has 150 valence electrons. The third-order valence-electron chi connectivity index (χ3n) is 3.85. The van der Waals surface area contributed by atoms with Crippen LogP contribution in [0.2, 0.25) is 0 Å². The summed E-state index contributed by atoms with van der Waals surface area (Å²) in [5, 5.41) is 14.3. The maximum atomic E-state index is 12.5. The lowest BCUT2D eigenvalue weighted by molar-refractivity contribution is 0.0949. The molecule has 0 radical (unpaired) electrons. The van der Waals surface area contributed by atoms with Gasteiger partial charge >= 0.3 is 0 Å². The van der Waals surface area contributed by atoms with E-state index < -0.39 is 0 Å². The van der Waals surface area contributed by atoms with Crippen LogP contribution in [-0.4, -0.2) is 28.1 Å². The Labute approximate surface area is 173 Å². The Balaban J connectivity index is 1.58. The quantitative estimate of drug-likeness (QED) is 0.618. The van der Waals surface area contributed by atoms with Gasteiger partial charge in [0.2, 0.25) is 5.01 Å². The third kappa shape index (κ3) is 5.86. The molecule has 3 rings (SSSR count). The van der Waals surface area contributed by atoms with Crippen LogP contribution >= 0.6 is 11.3 Å². The molecule has 0 atom stereocenters. The van der Waals surface area contributed by atoms with Crippen molar-refractivity contribution >= 4 is 28.8 Å². The van der Waals surface area contributed by atoms with Crippen molar-refractivity contribution < 1.29 is 14.3 Å². The highest BCUT2D eigenvalue weighted by molar-refractivity contribution is 7.13. The predicted molar refractivity (Wildman–Crippen MR) is 112 cm³/mol. The number of carbonyl (C=O) groups excluding carboxylic acids is 2. The number of carbonyl (C=O) groups is 2. The smallest absolute Gasteiger partial charge is 0.286 e. The fourth-order valence-corrected chi connectivity index (χ4v) is 3.14. The largest absolute Gasteiger partial charge is 0.491 e. The number of amides is 2. The van der Waals surface area contributed by atoms with Crippen molar-refractivity contribution in [2.45, 2.75) is 33.4 Å². The minimum absolute atomic E-state index is 0.115. The van der Waals surface area contributed by atoms with E-state index in [0.29, 0.717) is 22.8 Å². The Morgan fingerprint density at radius 1 is 1.07 bits per heavy atom. The lowest BCUT2D eigenvalue weighted by atomic mass is 10.1. The molecule has 3 aromatic rings. The maximum Gasteiger partial charge on any atom is 0.286 e. The van der Waals surface area contributed by atoms with Crippen LogP contribution in [0.15, 0.2) is 48.5 Å². The number of anilines is 1. The van der Waals surface area contributed by atoms with Gasteiger partial charge in [-0.25, -0.2) is 0 Å². The second kappa shape index (κ2) is 9.29. The van der Waals surface area contributed by atoms with Gasteiger partial charge in [0.15, 0.2) is 0 Å². The molecule has 0 bridgehead atoms. The lowest BCUT2D eigenvalue weighted by Crippen LogP contribution is -2.23. The number of hydrogen-bond acceptors (Lipinski definition) is 6. The van der Waals surface area contributed by atoms with Gasteiger partial charge in [-0.15, -0.1) is 10.2 Å². The topological polar surface area (TPSA) is 93.2 Å². The summed E-state index contributed by atoms with van der Waals surface area (Å²) < 4.78 is 5.61. The average molecular weight is 410 g/mol. The summed E-state index contributed by atoms with van der Waals surface area (Å²) in [6.07, 6.45) is 0.115. The second-order valence-electron chi connectivity index (χ2n) is 6.65. The normalized spacial score (nSPS) is 10.6. The standard InChI is InChI=1S/C21H22N4O3S/c1-13(2)28-18-9-7-15(8-10-18)12-22-19(26)16-5-4-6-17(11-16)23-20(27)21-25-24-14(3)29-21/h4-11,13H,12H2,1-3H3,(H,22,26)(H,23,27). The van der Waals surface area contributed by atoms with Crippen LogP contribution in [0.3, 0.4) is 0 Å². The number of aryl methyl sites for hydroxylation is 1. The first-order chi connectivity index (χ1) is 13.9. The van der Waals surface area contributed by atoms with Crippen molar-refractivity contribution in [1.82, 2.24) is 15.5 Å². The Bertz CT molecular complexity index is 999. The van der Waals surface area contributed by atoms with Gasteiger partial charge in [0, 0.05) is 17.8 Å². The maximum absolute atomic E-state index is 12.5. The van der Waals surface area contributed by atoms with Crippen LogP contribution in [0.25, 0.3) is 0 Å². The summed E-state index contributed by atoms with van der Waals surface area (Å²) >= 11 is 1.21. The summed E-state index contributed by atoms with van der Waals surface area (Å²) in [6, 6.07) is 14.3. The molecule has 1 aromatic heterocycles. The van der Waals surface area contributed by atoms with Crippen LogP contribution in [0.5, 0.6) is 5.75 Å². The second-order valence-corrected chi connectivity index (χ2v) is 7.84. The molecule has 8 heteroatoms. The van der Waals surface area contributed by atoms with Crippen molar-refractivity contribution in [2.24, 2.45) is 0 Å². The Morgan fingerprint density at radius 3 is 2.48 bits per heavy atom. The van der Waals surface area contributed by atoms with Gasteiger partial charge in [0.25, 0.3) is 11.8 Å². The van der Waals surface area contributed by atoms with Crippen molar-refractivity contribution in [2.75, 3.05) is 5.32 Å². The van der Waals surface area contributed by atoms with Crippen molar-refractivity contribution in [3.63, 3.8) is 0 Å². The van der Waals surface area contributed by atoms with Gasteiger partial charge in [-0.1, -0.05) is 29.5 Å². The fourth-order valence-electron chi connectivity index (χ4n) is 2.55. The Kier molecular flexibility index (Phi) is 6.56. The lowest BCUT2D eigenvalue weighted by Gasteiger charge is -2.11. The van der Waals surface area contributed by atoms with Crippen LogP contribution in [0.4, 0.5) is 5.69 Å². The highest BCUT2D eigenvalue weighted by Crippen LogP contribution is 2.16. The van der Waals surface area contributed by atoms with Gasteiger partial charge in [-0.05, 0) is 56.7 Å². The molecular formula is C21H22N4O3S. The van der Waals surface area contributed by atoms with E-state index in [-0.39, 0.29) is 22.9 Å². The summed E-state index contributed by atoms with van der Waals surface area (Å²) in [6.45, 7) is 6.12. The summed E-state index contributed by atoms with van der Waals surface area (Å²) in [5.74, 6) is 0.219. The summed E-state index contributed by atoms with van der Waals surface area (Å²) in [5.41, 5.74) is 1.94. The predicted octanol–water partition coefficient (Wildman–Crippen LogP) is 3.82. The molecule has 1 heterocycles. The van der Waals surface area contributed by atoms with Crippen molar-refractivity contribution in [3.8, 4) is 5.75 Å². The van der Waals surface area contributed by atoms with E-state index in [1.807, 2.05) is 38.1 Å². The number of nitrogens with zero attached hydrogens (tertiary/aromatic N) is 2. The molecule has 0 aliphatic rings. The number of hydrogen-bond donors (Lipinski definition) is 2. The van der Waals surface area contributed by atoms with Gasteiger partial charge in [0.05, 0.1) is 6.10 Å². The highest BCUT2D eigenvalue weighted by atomic mass is 32.1. The van der Waals surface area contributed by atoms with Gasteiger partial charge in [0.1, 0.15) is 10.8 Å². The van der Waals surface area contributed by atoms with Crippen molar-refractivity contribution in [1.29, 1.82) is 0 Å². The summed E-state index contributed by atoms with van der Waals surface area (Å²) in [7, 11) is 0. The molecule has 7 nitrogen and oxygen atoms in total. The van der Waals surface area contributed by atoms with E-state index in [9.17, 15) is 9.59 Å². The highest BCUT2D eigenvalue weighted by Gasteiger charge is 2.13. The van der Waals surface area contributed by atoms with E-state index in [4.69, 9.17) is 4.74 Å². The van der Waals surface area contributed by atoms with E-state index in [0.717, 1.165) is 11.3 Å². The van der Waals surface area contributed by atoms with Crippen LogP contribution in [0, 0.1) is 6.92 Å². The Morgan fingerprint density at radius 2 is 1.83 bits per heavy atom. The average Bonchev–Trinajstić information content (AvgIpc) is 3.13. The molecule has 0 aliphatic heterocycles. The van der Waals surface area contributed by atoms with E-state index in [1.54, 1.807) is 31.2 Å². The zero-order valence-corrected chi connectivity index (χ0v) is 17.2. The first-order valence-corrected chi connectivity index (χ1v) is 9.97. The molecule has 2 amide bonds. The van der Waals surface area contributed by atoms with Gasteiger partial charge in [-0.2, -0.15) is 0 Å². The minimum atomic E-state index is -0.350. The number of nitrogens with one attached hydrogen (secondary N) is 2. The molecule has 0 saturated heterocycles. The molecule has 0 saturated carbocycles. The van der Waals surface area contributed by atoms with Gasteiger partial charge < -0.3 is 15.4 Å². The molecule has 0 fully saturated rings.